The molecule has 40 heavy (non-hydrogen) atoms. The summed E-state index contributed by atoms with van der Waals surface area (Å²) >= 11 is 0. The molecule has 2 aliphatic rings. The Balaban J connectivity index is 1.12. The van der Waals surface area contributed by atoms with Gasteiger partial charge in [0.15, 0.2) is 5.82 Å². The molecule has 2 aliphatic heterocycles. The fourth-order valence-electron chi connectivity index (χ4n) is 6.07. The highest BCUT2D eigenvalue weighted by molar-refractivity contribution is 5.48. The van der Waals surface area contributed by atoms with Gasteiger partial charge in [0.05, 0.1) is 12.1 Å². The van der Waals surface area contributed by atoms with Gasteiger partial charge in [0.25, 0.3) is 0 Å². The van der Waals surface area contributed by atoms with Gasteiger partial charge in [-0.05, 0) is 40.0 Å². The number of hydrogen-bond donors (Lipinski definition) is 0. The fourth-order valence-corrected chi connectivity index (χ4v) is 6.07. The molecule has 3 aromatic carbocycles. The van der Waals surface area contributed by atoms with E-state index < -0.39 is 0 Å². The Morgan fingerprint density at radius 3 is 2.08 bits per heavy atom. The van der Waals surface area contributed by atoms with Gasteiger partial charge in [-0.2, -0.15) is 0 Å². The lowest BCUT2D eigenvalue weighted by Crippen LogP contribution is -2.48. The number of likely N-dealkylation sites (tertiary alicyclic amines) is 1. The zero-order valence-electron chi connectivity index (χ0n) is 23.2. The summed E-state index contributed by atoms with van der Waals surface area (Å²) < 4.78 is 2.15. The van der Waals surface area contributed by atoms with Crippen LogP contribution in [0.3, 0.4) is 0 Å². The maximum atomic E-state index is 4.65. The van der Waals surface area contributed by atoms with Gasteiger partial charge in [-0.3, -0.25) is 14.7 Å². The molecule has 1 unspecified atom stereocenters. The van der Waals surface area contributed by atoms with Crippen LogP contribution in [0, 0.1) is 0 Å². The van der Waals surface area contributed by atoms with Gasteiger partial charge < -0.3 is 0 Å². The van der Waals surface area contributed by atoms with E-state index in [0.29, 0.717) is 6.04 Å². The first-order valence-corrected chi connectivity index (χ1v) is 14.6. The number of hydrogen-bond acceptors (Lipinski definition) is 6. The molecule has 0 N–H and O–H groups in total. The molecule has 2 fully saturated rings. The van der Waals surface area contributed by atoms with Gasteiger partial charge in [-0.15, -0.1) is 5.10 Å². The molecular formula is C33H39N7. The number of aromatic nitrogens is 4. The number of tetrazole rings is 1. The van der Waals surface area contributed by atoms with Gasteiger partial charge in [-0.25, -0.2) is 4.68 Å². The number of piperidine rings is 1. The molecule has 0 aliphatic carbocycles. The van der Waals surface area contributed by atoms with E-state index in [2.05, 4.69) is 138 Å². The number of piperazine rings is 1. The van der Waals surface area contributed by atoms with Crippen LogP contribution in [0.15, 0.2) is 97.1 Å². The number of nitrogens with zero attached hydrogens (tertiary/aromatic N) is 7. The third-order valence-corrected chi connectivity index (χ3v) is 8.28. The van der Waals surface area contributed by atoms with Crippen LogP contribution in [0.1, 0.15) is 47.4 Å². The molecule has 0 amide bonds. The highest BCUT2D eigenvalue weighted by Gasteiger charge is 2.33. The van der Waals surface area contributed by atoms with Crippen LogP contribution in [0.5, 0.6) is 0 Å². The summed E-state index contributed by atoms with van der Waals surface area (Å²) in [5, 5.41) is 13.4. The van der Waals surface area contributed by atoms with E-state index >= 15 is 0 Å². The molecule has 2 saturated heterocycles. The largest absolute Gasteiger partial charge is 0.299 e. The normalized spacial score (nSPS) is 18.8. The average molecular weight is 534 g/mol. The Morgan fingerprint density at radius 2 is 1.38 bits per heavy atom. The van der Waals surface area contributed by atoms with Crippen molar-refractivity contribution in [2.24, 2.45) is 0 Å². The van der Waals surface area contributed by atoms with Crippen molar-refractivity contribution in [3.05, 3.63) is 120 Å². The lowest BCUT2D eigenvalue weighted by molar-refractivity contribution is 0.108. The molecule has 0 spiro atoms. The maximum absolute atomic E-state index is 4.65. The third kappa shape index (κ3) is 6.55. The molecule has 206 valence electrons. The summed E-state index contributed by atoms with van der Waals surface area (Å²) in [6, 6.07) is 32.5. The van der Waals surface area contributed by atoms with Gasteiger partial charge in [0.2, 0.25) is 0 Å². The van der Waals surface area contributed by atoms with E-state index in [4.69, 9.17) is 0 Å². The second-order valence-corrected chi connectivity index (χ2v) is 10.9. The minimum Gasteiger partial charge on any atom is -0.299 e. The quantitative estimate of drug-likeness (QED) is 0.304. The molecule has 6 rings (SSSR count). The zero-order valence-corrected chi connectivity index (χ0v) is 23.2. The van der Waals surface area contributed by atoms with Gasteiger partial charge in [-0.1, -0.05) is 103 Å². The Kier molecular flexibility index (Phi) is 8.72. The summed E-state index contributed by atoms with van der Waals surface area (Å²) in [6.07, 6.45) is 6.63. The summed E-state index contributed by atoms with van der Waals surface area (Å²) in [5.74, 6) is 0.977. The van der Waals surface area contributed by atoms with Crippen LogP contribution in [-0.2, 0) is 6.54 Å². The molecule has 7 heteroatoms. The van der Waals surface area contributed by atoms with Crippen molar-refractivity contribution in [2.75, 3.05) is 45.8 Å². The van der Waals surface area contributed by atoms with Gasteiger partial charge >= 0.3 is 0 Å². The van der Waals surface area contributed by atoms with Crippen LogP contribution in [-0.4, -0.2) is 80.7 Å². The van der Waals surface area contributed by atoms with Gasteiger partial charge in [0, 0.05) is 52.4 Å². The summed E-state index contributed by atoms with van der Waals surface area (Å²) in [7, 11) is 0. The minimum atomic E-state index is 0.0561. The van der Waals surface area contributed by atoms with Crippen molar-refractivity contribution in [3.63, 3.8) is 0 Å². The van der Waals surface area contributed by atoms with Crippen molar-refractivity contribution < 1.29 is 0 Å². The Hall–Kier alpha value is -3.65. The van der Waals surface area contributed by atoms with Crippen molar-refractivity contribution >= 4 is 6.08 Å². The van der Waals surface area contributed by atoms with Crippen LogP contribution in [0.2, 0.25) is 0 Å². The summed E-state index contributed by atoms with van der Waals surface area (Å²) in [4.78, 5) is 7.65. The standard InChI is InChI=1S/C33H39N7/c1-4-11-28(12-5-1)15-10-20-37-23-25-39(26-24-37)32(30-16-8-3-9-17-30)33-34-35-36-40(33)31-18-21-38(22-19-31)27-29-13-6-2-7-14-29/h1-17,31-32H,18-27H2/b15-10+. The second kappa shape index (κ2) is 13.1. The van der Waals surface area contributed by atoms with E-state index in [0.717, 1.165) is 71.0 Å². The third-order valence-electron chi connectivity index (χ3n) is 8.28. The monoisotopic (exact) mass is 533 g/mol. The first-order chi connectivity index (χ1) is 19.8. The molecular weight excluding hydrogens is 494 g/mol. The predicted octanol–water partition coefficient (Wildman–Crippen LogP) is 4.93. The van der Waals surface area contributed by atoms with Crippen molar-refractivity contribution in [2.45, 2.75) is 31.5 Å². The molecule has 0 saturated carbocycles. The van der Waals surface area contributed by atoms with E-state index in [1.165, 1.54) is 16.7 Å². The first kappa shape index (κ1) is 26.6. The van der Waals surface area contributed by atoms with Crippen LogP contribution >= 0.6 is 0 Å². The van der Waals surface area contributed by atoms with Crippen LogP contribution in [0.4, 0.5) is 0 Å². The van der Waals surface area contributed by atoms with Crippen molar-refractivity contribution in [3.8, 4) is 0 Å². The molecule has 0 radical (unpaired) electrons. The van der Waals surface area contributed by atoms with Crippen molar-refractivity contribution in [1.29, 1.82) is 0 Å². The molecule has 4 aromatic rings. The Morgan fingerprint density at radius 1 is 0.725 bits per heavy atom. The number of rotatable bonds is 9. The van der Waals surface area contributed by atoms with E-state index in [1.54, 1.807) is 0 Å². The zero-order chi connectivity index (χ0) is 27.0. The summed E-state index contributed by atoms with van der Waals surface area (Å²) in [5.41, 5.74) is 3.89. The molecule has 7 nitrogen and oxygen atoms in total. The highest BCUT2D eigenvalue weighted by Crippen LogP contribution is 2.32. The van der Waals surface area contributed by atoms with Crippen LogP contribution < -0.4 is 0 Å². The smallest absolute Gasteiger partial charge is 0.173 e. The molecule has 3 heterocycles. The maximum Gasteiger partial charge on any atom is 0.173 e. The first-order valence-electron chi connectivity index (χ1n) is 14.6. The number of benzene rings is 3. The predicted molar refractivity (Wildman–Crippen MR) is 160 cm³/mol. The van der Waals surface area contributed by atoms with E-state index in [-0.39, 0.29) is 6.04 Å². The molecule has 0 bridgehead atoms. The van der Waals surface area contributed by atoms with Gasteiger partial charge in [0.1, 0.15) is 0 Å². The fraction of sp³-hybridized carbons (Fsp3) is 0.364. The molecule has 1 atom stereocenters. The second-order valence-electron chi connectivity index (χ2n) is 10.9. The topological polar surface area (TPSA) is 53.3 Å². The van der Waals surface area contributed by atoms with Crippen molar-refractivity contribution in [1.82, 2.24) is 34.9 Å². The van der Waals surface area contributed by atoms with E-state index in [1.807, 2.05) is 0 Å². The summed E-state index contributed by atoms with van der Waals surface area (Å²) in [6.45, 7) is 8.13. The van der Waals surface area contributed by atoms with E-state index in [9.17, 15) is 0 Å². The molecule has 1 aromatic heterocycles. The lowest BCUT2D eigenvalue weighted by Gasteiger charge is -2.39. The highest BCUT2D eigenvalue weighted by atomic mass is 15.6. The van der Waals surface area contributed by atoms with Crippen LogP contribution in [0.25, 0.3) is 6.08 Å². The Bertz CT molecular complexity index is 1320. The lowest BCUT2D eigenvalue weighted by atomic mass is 10.0. The Labute approximate surface area is 237 Å². The average Bonchev–Trinajstić information content (AvgIpc) is 3.49. The SMILES string of the molecule is C(=C\c1ccccc1)/CN1CCN(C(c2ccccc2)c2nnnn2C2CCN(Cc3ccccc3)CC2)CC1. The minimum absolute atomic E-state index is 0.0561.